The van der Waals surface area contributed by atoms with E-state index in [0.29, 0.717) is 0 Å². The molecule has 13 nitrogen and oxygen atoms in total. The summed E-state index contributed by atoms with van der Waals surface area (Å²) >= 11 is 0. The monoisotopic (exact) mass is 742 g/mol. The molecule has 1 fully saturated rings. The Morgan fingerprint density at radius 3 is 1.24 bits per heavy atom. The van der Waals surface area contributed by atoms with E-state index in [4.69, 9.17) is 34.3 Å². The van der Waals surface area contributed by atoms with E-state index in [1.165, 1.54) is 60.7 Å². The molecule has 0 spiro atoms. The van der Waals surface area contributed by atoms with E-state index in [9.17, 15) is 24.0 Å². The van der Waals surface area contributed by atoms with Gasteiger partial charge >= 0.3 is 29.8 Å². The molecule has 0 aliphatic carbocycles. The highest BCUT2D eigenvalue weighted by atomic mass is 16.7. The van der Waals surface area contributed by atoms with Crippen molar-refractivity contribution in [3.8, 4) is 0 Å². The molecular formula is C42H34N2O11. The van der Waals surface area contributed by atoms with Crippen LogP contribution < -0.4 is 5.73 Å². The minimum atomic E-state index is -1.69. The molecule has 0 amide bonds. The molecule has 0 radical (unpaired) electrons. The zero-order valence-corrected chi connectivity index (χ0v) is 29.0. The molecule has 278 valence electrons. The number of benzene rings is 5. The van der Waals surface area contributed by atoms with Crippen LogP contribution in [-0.4, -0.2) is 72.8 Å². The number of hydrogen-bond acceptors (Lipinski definition) is 12. The molecule has 0 aromatic heterocycles. The first kappa shape index (κ1) is 37.6. The smallest absolute Gasteiger partial charge is 0.365 e. The van der Waals surface area contributed by atoms with Crippen molar-refractivity contribution in [3.63, 3.8) is 0 Å². The molecule has 5 aromatic carbocycles. The first-order valence-corrected chi connectivity index (χ1v) is 17.0. The molecule has 5 atom stereocenters. The Balaban J connectivity index is 1.42. The zero-order chi connectivity index (χ0) is 38.6. The predicted molar refractivity (Wildman–Crippen MR) is 196 cm³/mol. The molecule has 2 N–H and O–H groups in total. The summed E-state index contributed by atoms with van der Waals surface area (Å²) in [6.45, 7) is -0.577. The Morgan fingerprint density at radius 2 is 0.818 bits per heavy atom. The van der Waals surface area contributed by atoms with Gasteiger partial charge in [-0.1, -0.05) is 96.2 Å². The number of amidine groups is 1. The van der Waals surface area contributed by atoms with Crippen LogP contribution in [-0.2, 0) is 28.5 Å². The third-order valence-corrected chi connectivity index (χ3v) is 8.31. The van der Waals surface area contributed by atoms with Crippen LogP contribution in [0.2, 0.25) is 0 Å². The summed E-state index contributed by atoms with van der Waals surface area (Å²) in [5.41, 5.74) is 7.15. The van der Waals surface area contributed by atoms with Gasteiger partial charge in [0, 0.05) is 0 Å². The summed E-state index contributed by atoms with van der Waals surface area (Å²) < 4.78 is 29.9. The van der Waals surface area contributed by atoms with Crippen LogP contribution in [0.5, 0.6) is 0 Å². The van der Waals surface area contributed by atoms with Crippen LogP contribution in [0.4, 0.5) is 0 Å². The van der Waals surface area contributed by atoms with E-state index < -0.39 is 72.8 Å². The first-order valence-electron chi connectivity index (χ1n) is 17.0. The number of hydrogen-bond donors (Lipinski definition) is 1. The van der Waals surface area contributed by atoms with Crippen LogP contribution in [0.25, 0.3) is 0 Å². The maximum Gasteiger partial charge on any atom is 0.365 e. The molecule has 6 rings (SSSR count). The van der Waals surface area contributed by atoms with Crippen LogP contribution >= 0.6 is 0 Å². The fourth-order valence-electron chi connectivity index (χ4n) is 5.58. The summed E-state index contributed by atoms with van der Waals surface area (Å²) in [6.07, 6.45) is -8.01. The summed E-state index contributed by atoms with van der Waals surface area (Å²) in [5, 5.41) is 3.81. The molecule has 1 heterocycles. The number of carbonyl (C=O) groups excluding carboxylic acids is 5. The maximum atomic E-state index is 13.8. The van der Waals surface area contributed by atoms with Gasteiger partial charge in [-0.2, -0.15) is 0 Å². The van der Waals surface area contributed by atoms with Crippen molar-refractivity contribution in [2.24, 2.45) is 10.9 Å². The molecule has 1 aliphatic rings. The average molecular weight is 743 g/mol. The van der Waals surface area contributed by atoms with Gasteiger partial charge in [0.2, 0.25) is 0 Å². The van der Waals surface area contributed by atoms with Crippen molar-refractivity contribution in [2.45, 2.75) is 30.5 Å². The quantitative estimate of drug-likeness (QED) is 0.0429. The van der Waals surface area contributed by atoms with Crippen molar-refractivity contribution in [3.05, 3.63) is 179 Å². The van der Waals surface area contributed by atoms with Crippen LogP contribution in [0.3, 0.4) is 0 Å². The Bertz CT molecular complexity index is 2120. The zero-order valence-electron chi connectivity index (χ0n) is 29.0. The van der Waals surface area contributed by atoms with E-state index in [2.05, 4.69) is 5.16 Å². The Morgan fingerprint density at radius 1 is 0.473 bits per heavy atom. The van der Waals surface area contributed by atoms with Crippen molar-refractivity contribution in [2.75, 3.05) is 6.61 Å². The molecule has 13 heteroatoms. The number of oxime groups is 1. The van der Waals surface area contributed by atoms with Crippen molar-refractivity contribution >= 4 is 35.7 Å². The Hall–Kier alpha value is -7.12. The predicted octanol–water partition coefficient (Wildman–Crippen LogP) is 5.42. The number of nitrogens with zero attached hydrogens (tertiary/aromatic N) is 1. The summed E-state index contributed by atoms with van der Waals surface area (Å²) in [6, 6.07) is 39.8. The van der Waals surface area contributed by atoms with E-state index >= 15 is 0 Å². The Labute approximate surface area is 315 Å². The molecule has 1 aliphatic heterocycles. The number of ether oxygens (including phenoxy) is 5. The van der Waals surface area contributed by atoms with E-state index in [1.54, 1.807) is 91.0 Å². The van der Waals surface area contributed by atoms with Gasteiger partial charge in [0.1, 0.15) is 12.7 Å². The van der Waals surface area contributed by atoms with Crippen LogP contribution in [0.1, 0.15) is 51.8 Å². The van der Waals surface area contributed by atoms with Gasteiger partial charge in [0.05, 0.1) is 27.8 Å². The van der Waals surface area contributed by atoms with Crippen molar-refractivity contribution in [1.82, 2.24) is 0 Å². The fraction of sp³-hybridized carbons (Fsp3) is 0.143. The van der Waals surface area contributed by atoms with Gasteiger partial charge in [-0.3, -0.25) is 0 Å². The standard InChI is InChI=1S/C42H34N2O11/c43-37(44-55-42(49)31-24-14-5-15-25-31)36-35(54-41(48)30-22-12-4-13-23-30)34(53-40(47)29-20-10-3-11-21-29)33(52-39(46)28-18-8-2-9-19-28)32(51-36)26-50-38(45)27-16-6-1-7-17-27/h1-25,32-36H,26H2,(H2,43,44)/t32-,33-,34+,35-,36-/m1/s1. The molecular weight excluding hydrogens is 708 g/mol. The molecule has 0 unspecified atom stereocenters. The van der Waals surface area contributed by atoms with E-state index in [0.717, 1.165) is 0 Å². The molecule has 0 saturated carbocycles. The maximum absolute atomic E-state index is 13.8. The highest BCUT2D eigenvalue weighted by molar-refractivity contribution is 5.94. The fourth-order valence-corrected chi connectivity index (χ4v) is 5.58. The van der Waals surface area contributed by atoms with E-state index in [1.807, 2.05) is 0 Å². The minimum Gasteiger partial charge on any atom is -0.459 e. The third-order valence-electron chi connectivity index (χ3n) is 8.31. The first-order chi connectivity index (χ1) is 26.8. The highest BCUT2D eigenvalue weighted by Gasteiger charge is 2.54. The summed E-state index contributed by atoms with van der Waals surface area (Å²) in [7, 11) is 0. The van der Waals surface area contributed by atoms with Crippen molar-refractivity contribution in [1.29, 1.82) is 0 Å². The lowest BCUT2D eigenvalue weighted by atomic mass is 9.93. The summed E-state index contributed by atoms with van der Waals surface area (Å²) in [5.74, 6) is -4.78. The number of carbonyl (C=O) groups is 5. The van der Waals surface area contributed by atoms with Gasteiger partial charge in [-0.25, -0.2) is 24.0 Å². The number of nitrogens with two attached hydrogens (primary N) is 1. The number of esters is 4. The second kappa shape index (κ2) is 18.1. The average Bonchev–Trinajstić information content (AvgIpc) is 3.24. The normalized spacial score (nSPS) is 19.3. The van der Waals surface area contributed by atoms with Gasteiger partial charge in [-0.05, 0) is 60.7 Å². The Kier molecular flexibility index (Phi) is 12.4. The van der Waals surface area contributed by atoms with Crippen LogP contribution in [0.15, 0.2) is 157 Å². The highest BCUT2D eigenvalue weighted by Crippen LogP contribution is 2.31. The van der Waals surface area contributed by atoms with Gasteiger partial charge < -0.3 is 34.3 Å². The minimum absolute atomic E-state index is 0.108. The number of rotatable bonds is 12. The third kappa shape index (κ3) is 9.66. The van der Waals surface area contributed by atoms with Crippen LogP contribution in [0, 0.1) is 0 Å². The van der Waals surface area contributed by atoms with Gasteiger partial charge in [0.25, 0.3) is 0 Å². The van der Waals surface area contributed by atoms with Crippen molar-refractivity contribution < 1.29 is 52.5 Å². The van der Waals surface area contributed by atoms with E-state index in [-0.39, 0.29) is 27.8 Å². The molecule has 5 aromatic rings. The largest absolute Gasteiger partial charge is 0.459 e. The lowest BCUT2D eigenvalue weighted by Gasteiger charge is -2.44. The lowest BCUT2D eigenvalue weighted by molar-refractivity contribution is -0.213. The SMILES string of the molecule is N/C(=N\OC(=O)c1ccccc1)[C@@H]1O[C@H](COC(=O)c2ccccc2)[C@@H](OC(=O)c2ccccc2)[C@H](OC(=O)c2ccccc2)[C@H]1OC(=O)c1ccccc1. The van der Waals surface area contributed by atoms with Gasteiger partial charge in [-0.15, -0.1) is 0 Å². The topological polar surface area (TPSA) is 179 Å². The molecule has 0 bridgehead atoms. The lowest BCUT2D eigenvalue weighted by Crippen LogP contribution is -2.65. The second-order valence-corrected chi connectivity index (χ2v) is 12.0. The molecule has 1 saturated heterocycles. The second-order valence-electron chi connectivity index (χ2n) is 12.0. The molecule has 55 heavy (non-hydrogen) atoms. The summed E-state index contributed by atoms with van der Waals surface area (Å²) in [4.78, 5) is 72.2. The van der Waals surface area contributed by atoms with Gasteiger partial charge in [0.15, 0.2) is 30.3 Å².